The Kier molecular flexibility index (Phi) is 5.06. The average Bonchev–Trinajstić information content (AvgIpc) is 3.09. The molecule has 0 atom stereocenters. The van der Waals surface area contributed by atoms with Crippen molar-refractivity contribution >= 4 is 17.2 Å². The molecular formula is C17H20N2O2S. The summed E-state index contributed by atoms with van der Waals surface area (Å²) in [7, 11) is 0. The predicted molar refractivity (Wildman–Crippen MR) is 87.2 cm³/mol. The van der Waals surface area contributed by atoms with Gasteiger partial charge in [-0.25, -0.2) is 4.98 Å². The van der Waals surface area contributed by atoms with Crippen LogP contribution >= 0.6 is 11.3 Å². The van der Waals surface area contributed by atoms with Crippen molar-refractivity contribution in [3.05, 3.63) is 46.4 Å². The maximum atomic E-state index is 11.8. The van der Waals surface area contributed by atoms with Gasteiger partial charge in [0.25, 0.3) is 5.91 Å². The van der Waals surface area contributed by atoms with Crippen LogP contribution in [0, 0.1) is 0 Å². The molecule has 1 aromatic heterocycles. The molecule has 1 heterocycles. The van der Waals surface area contributed by atoms with E-state index in [1.54, 1.807) is 10.9 Å². The fourth-order valence-electron chi connectivity index (χ4n) is 2.66. The molecule has 2 aromatic rings. The molecule has 0 saturated heterocycles. The Balaban J connectivity index is 1.49. The zero-order chi connectivity index (χ0) is 15.2. The number of carbonyl (C=O) groups is 1. The quantitative estimate of drug-likeness (QED) is 0.913. The van der Waals surface area contributed by atoms with Gasteiger partial charge in [0.05, 0.1) is 11.6 Å². The third-order valence-corrected chi connectivity index (χ3v) is 4.48. The first-order valence-corrected chi connectivity index (χ1v) is 8.67. The van der Waals surface area contributed by atoms with E-state index in [-0.39, 0.29) is 5.91 Å². The lowest BCUT2D eigenvalue weighted by atomic mass is 9.98. The highest BCUT2D eigenvalue weighted by atomic mass is 32.1. The number of nitrogens with one attached hydrogen (secondary N) is 1. The standard InChI is InChI=1S/C17H20N2O2S/c20-17(16-11-22-12-19-16)18-10-13-6-8-15(9-7-13)21-14-4-2-1-3-5-14/h6-9,11-12,14H,1-5,10H2,(H,18,20). The number of carbonyl (C=O) groups excluding carboxylic acids is 1. The highest BCUT2D eigenvalue weighted by Gasteiger charge is 2.14. The lowest BCUT2D eigenvalue weighted by molar-refractivity contribution is 0.0946. The number of rotatable bonds is 5. The largest absolute Gasteiger partial charge is 0.490 e. The first-order chi connectivity index (χ1) is 10.8. The second-order valence-electron chi connectivity index (χ2n) is 5.58. The summed E-state index contributed by atoms with van der Waals surface area (Å²) in [5.74, 6) is 0.783. The third-order valence-electron chi connectivity index (χ3n) is 3.90. The summed E-state index contributed by atoms with van der Waals surface area (Å²) in [4.78, 5) is 15.8. The molecule has 1 aliphatic carbocycles. The van der Waals surface area contributed by atoms with Crippen LogP contribution in [0.2, 0.25) is 0 Å². The van der Waals surface area contributed by atoms with Crippen LogP contribution in [0.1, 0.15) is 48.2 Å². The lowest BCUT2D eigenvalue weighted by Crippen LogP contribution is -2.23. The van der Waals surface area contributed by atoms with E-state index in [0.29, 0.717) is 18.3 Å². The Morgan fingerprint density at radius 1 is 1.23 bits per heavy atom. The van der Waals surface area contributed by atoms with E-state index in [9.17, 15) is 4.79 Å². The van der Waals surface area contributed by atoms with Gasteiger partial charge < -0.3 is 10.1 Å². The molecule has 0 bridgehead atoms. The topological polar surface area (TPSA) is 51.2 Å². The van der Waals surface area contributed by atoms with Crippen molar-refractivity contribution in [2.45, 2.75) is 44.8 Å². The summed E-state index contributed by atoms with van der Waals surface area (Å²) in [6.07, 6.45) is 6.55. The van der Waals surface area contributed by atoms with Crippen LogP contribution in [0.4, 0.5) is 0 Å². The Hall–Kier alpha value is -1.88. The lowest BCUT2D eigenvalue weighted by Gasteiger charge is -2.23. The van der Waals surface area contributed by atoms with Crippen LogP contribution in [-0.2, 0) is 6.54 Å². The minimum atomic E-state index is -0.135. The molecule has 116 valence electrons. The SMILES string of the molecule is O=C(NCc1ccc(OC2CCCCC2)cc1)c1cscn1. The van der Waals surface area contributed by atoms with Crippen molar-refractivity contribution in [1.82, 2.24) is 10.3 Å². The smallest absolute Gasteiger partial charge is 0.271 e. The molecule has 4 nitrogen and oxygen atoms in total. The number of nitrogens with zero attached hydrogens (tertiary/aromatic N) is 1. The Morgan fingerprint density at radius 2 is 2.00 bits per heavy atom. The van der Waals surface area contributed by atoms with Crippen molar-refractivity contribution in [1.29, 1.82) is 0 Å². The molecule has 1 aromatic carbocycles. The molecule has 0 radical (unpaired) electrons. The minimum Gasteiger partial charge on any atom is -0.490 e. The number of hydrogen-bond donors (Lipinski definition) is 1. The van der Waals surface area contributed by atoms with Crippen molar-refractivity contribution in [3.8, 4) is 5.75 Å². The summed E-state index contributed by atoms with van der Waals surface area (Å²) >= 11 is 1.42. The van der Waals surface area contributed by atoms with Gasteiger partial charge in [0.1, 0.15) is 11.4 Å². The minimum absolute atomic E-state index is 0.135. The van der Waals surface area contributed by atoms with E-state index in [4.69, 9.17) is 4.74 Å². The van der Waals surface area contributed by atoms with Crippen LogP contribution < -0.4 is 10.1 Å². The number of benzene rings is 1. The molecular weight excluding hydrogens is 296 g/mol. The van der Waals surface area contributed by atoms with Crippen LogP contribution in [0.3, 0.4) is 0 Å². The Labute approximate surface area is 134 Å². The maximum absolute atomic E-state index is 11.8. The maximum Gasteiger partial charge on any atom is 0.271 e. The van der Waals surface area contributed by atoms with Crippen LogP contribution in [0.5, 0.6) is 5.75 Å². The van der Waals surface area contributed by atoms with Gasteiger partial charge in [0.15, 0.2) is 0 Å². The van der Waals surface area contributed by atoms with E-state index in [1.807, 2.05) is 24.3 Å². The molecule has 3 rings (SSSR count). The molecule has 1 aliphatic rings. The molecule has 5 heteroatoms. The van der Waals surface area contributed by atoms with E-state index < -0.39 is 0 Å². The molecule has 0 aliphatic heterocycles. The van der Waals surface area contributed by atoms with Gasteiger partial charge in [-0.15, -0.1) is 11.3 Å². The van der Waals surface area contributed by atoms with Gasteiger partial charge in [-0.05, 0) is 43.4 Å². The first kappa shape index (κ1) is 15.0. The number of amides is 1. The van der Waals surface area contributed by atoms with Crippen LogP contribution in [0.15, 0.2) is 35.2 Å². The van der Waals surface area contributed by atoms with E-state index in [0.717, 1.165) is 24.2 Å². The summed E-state index contributed by atoms with van der Waals surface area (Å²) in [6, 6.07) is 7.97. The summed E-state index contributed by atoms with van der Waals surface area (Å²) in [5, 5.41) is 4.61. The number of ether oxygens (including phenoxy) is 1. The first-order valence-electron chi connectivity index (χ1n) is 7.73. The van der Waals surface area contributed by atoms with E-state index >= 15 is 0 Å². The Bertz CT molecular complexity index is 590. The van der Waals surface area contributed by atoms with Crippen molar-refractivity contribution in [2.75, 3.05) is 0 Å². The third kappa shape index (κ3) is 4.07. The van der Waals surface area contributed by atoms with Gasteiger partial charge in [0.2, 0.25) is 0 Å². The predicted octanol–water partition coefficient (Wildman–Crippen LogP) is 3.78. The molecule has 1 amide bonds. The summed E-state index contributed by atoms with van der Waals surface area (Å²) in [6.45, 7) is 0.500. The second-order valence-corrected chi connectivity index (χ2v) is 6.30. The molecule has 1 N–H and O–H groups in total. The van der Waals surface area contributed by atoms with Gasteiger partial charge in [0, 0.05) is 11.9 Å². The van der Waals surface area contributed by atoms with Gasteiger partial charge >= 0.3 is 0 Å². The monoisotopic (exact) mass is 316 g/mol. The van der Waals surface area contributed by atoms with E-state index in [1.165, 1.54) is 30.6 Å². The van der Waals surface area contributed by atoms with Gasteiger partial charge in [-0.3, -0.25) is 4.79 Å². The van der Waals surface area contributed by atoms with Crippen molar-refractivity contribution < 1.29 is 9.53 Å². The van der Waals surface area contributed by atoms with Crippen molar-refractivity contribution in [3.63, 3.8) is 0 Å². The van der Waals surface area contributed by atoms with Gasteiger partial charge in [-0.1, -0.05) is 18.6 Å². The number of aromatic nitrogens is 1. The highest BCUT2D eigenvalue weighted by molar-refractivity contribution is 7.07. The normalized spacial score (nSPS) is 15.5. The van der Waals surface area contributed by atoms with Crippen molar-refractivity contribution in [2.24, 2.45) is 0 Å². The number of hydrogen-bond acceptors (Lipinski definition) is 4. The second kappa shape index (κ2) is 7.40. The fourth-order valence-corrected chi connectivity index (χ4v) is 3.19. The fraction of sp³-hybridized carbons (Fsp3) is 0.412. The molecule has 0 unspecified atom stereocenters. The highest BCUT2D eigenvalue weighted by Crippen LogP contribution is 2.23. The number of thiazole rings is 1. The molecule has 0 spiro atoms. The zero-order valence-electron chi connectivity index (χ0n) is 12.5. The van der Waals surface area contributed by atoms with Gasteiger partial charge in [-0.2, -0.15) is 0 Å². The molecule has 22 heavy (non-hydrogen) atoms. The van der Waals surface area contributed by atoms with Crippen LogP contribution in [0.25, 0.3) is 0 Å². The Morgan fingerprint density at radius 3 is 2.68 bits per heavy atom. The van der Waals surface area contributed by atoms with Crippen LogP contribution in [-0.4, -0.2) is 17.0 Å². The van der Waals surface area contributed by atoms with E-state index in [2.05, 4.69) is 10.3 Å². The molecule has 1 fully saturated rings. The average molecular weight is 316 g/mol. The summed E-state index contributed by atoms with van der Waals surface area (Å²) < 4.78 is 6.00. The summed E-state index contributed by atoms with van der Waals surface area (Å²) in [5.41, 5.74) is 3.19. The zero-order valence-corrected chi connectivity index (χ0v) is 13.3. The molecule has 1 saturated carbocycles.